The Kier molecular flexibility index (Phi) is 5.23. The first-order chi connectivity index (χ1) is 4.31. The fourth-order valence-corrected chi connectivity index (χ4v) is 0.322. The summed E-state index contributed by atoms with van der Waals surface area (Å²) in [6.45, 7) is 0.513. The topological polar surface area (TPSA) is 55.5 Å². The summed E-state index contributed by atoms with van der Waals surface area (Å²) in [4.78, 5) is 0. The van der Waals surface area contributed by atoms with Gasteiger partial charge in [0.25, 0.3) is 0 Å². The molecule has 1 atom stereocenters. The molecule has 3 N–H and O–H groups in total. The van der Waals surface area contributed by atoms with E-state index >= 15 is 0 Å². The molecule has 0 saturated heterocycles. The van der Waals surface area contributed by atoms with Crippen LogP contribution in [-0.2, 0) is 4.74 Å². The molecule has 9 heavy (non-hydrogen) atoms. The van der Waals surface area contributed by atoms with E-state index in [0.717, 1.165) is 0 Å². The SMILES string of the molecule is C#CCOC[C@@H](N)CO. The highest BCUT2D eigenvalue weighted by atomic mass is 16.5. The molecule has 52 valence electrons. The van der Waals surface area contributed by atoms with E-state index in [9.17, 15) is 0 Å². The van der Waals surface area contributed by atoms with Crippen molar-refractivity contribution in [2.75, 3.05) is 19.8 Å². The molecule has 0 radical (unpaired) electrons. The lowest BCUT2D eigenvalue weighted by molar-refractivity contribution is 0.125. The van der Waals surface area contributed by atoms with Crippen LogP contribution in [0.5, 0.6) is 0 Å². The number of terminal acetylenes is 1. The summed E-state index contributed by atoms with van der Waals surface area (Å²) in [5.74, 6) is 2.29. The Morgan fingerprint density at radius 3 is 2.89 bits per heavy atom. The van der Waals surface area contributed by atoms with Gasteiger partial charge in [-0.05, 0) is 0 Å². The van der Waals surface area contributed by atoms with E-state index in [4.69, 9.17) is 22.0 Å². The normalized spacial score (nSPS) is 12.6. The molecule has 3 heteroatoms. The largest absolute Gasteiger partial charge is 0.395 e. The minimum atomic E-state index is -0.307. The summed E-state index contributed by atoms with van der Waals surface area (Å²) in [6.07, 6.45) is 4.88. The predicted molar refractivity (Wildman–Crippen MR) is 34.7 cm³/mol. The molecular weight excluding hydrogens is 118 g/mol. The summed E-state index contributed by atoms with van der Waals surface area (Å²) in [6, 6.07) is -0.307. The molecular formula is C6H11NO2. The summed E-state index contributed by atoms with van der Waals surface area (Å²) >= 11 is 0. The van der Waals surface area contributed by atoms with Crippen molar-refractivity contribution in [3.05, 3.63) is 0 Å². The van der Waals surface area contributed by atoms with Crippen LogP contribution in [0.25, 0.3) is 0 Å². The lowest BCUT2D eigenvalue weighted by atomic mass is 10.4. The van der Waals surface area contributed by atoms with Crippen molar-refractivity contribution in [3.63, 3.8) is 0 Å². The predicted octanol–water partition coefficient (Wildman–Crippen LogP) is -1.04. The molecule has 0 amide bonds. The average Bonchev–Trinajstić information content (AvgIpc) is 1.89. The molecule has 0 unspecified atom stereocenters. The molecule has 0 aromatic heterocycles. The molecule has 0 aromatic carbocycles. The number of aliphatic hydroxyl groups is 1. The van der Waals surface area contributed by atoms with Gasteiger partial charge in [-0.1, -0.05) is 5.92 Å². The first kappa shape index (κ1) is 8.44. The second-order valence-electron chi connectivity index (χ2n) is 1.66. The van der Waals surface area contributed by atoms with Crippen molar-refractivity contribution in [2.45, 2.75) is 6.04 Å². The van der Waals surface area contributed by atoms with Crippen LogP contribution >= 0.6 is 0 Å². The van der Waals surface area contributed by atoms with Gasteiger partial charge in [0.15, 0.2) is 0 Å². The van der Waals surface area contributed by atoms with Gasteiger partial charge in [-0.15, -0.1) is 6.42 Å². The fourth-order valence-electron chi connectivity index (χ4n) is 0.322. The maximum Gasteiger partial charge on any atom is 0.107 e. The standard InChI is InChI=1S/C6H11NO2/c1-2-3-9-5-6(7)4-8/h1,6,8H,3-5,7H2/t6-/m0/s1. The molecule has 0 aliphatic heterocycles. The average molecular weight is 129 g/mol. The van der Waals surface area contributed by atoms with Gasteiger partial charge in [0.05, 0.1) is 19.3 Å². The van der Waals surface area contributed by atoms with Crippen LogP contribution in [0.2, 0.25) is 0 Å². The van der Waals surface area contributed by atoms with E-state index in [2.05, 4.69) is 5.92 Å². The van der Waals surface area contributed by atoms with Crippen LogP contribution in [0.4, 0.5) is 0 Å². The van der Waals surface area contributed by atoms with E-state index in [0.29, 0.717) is 6.61 Å². The van der Waals surface area contributed by atoms with E-state index in [1.54, 1.807) is 0 Å². The minimum Gasteiger partial charge on any atom is -0.395 e. The second kappa shape index (κ2) is 5.57. The molecule has 0 aliphatic carbocycles. The van der Waals surface area contributed by atoms with Crippen LogP contribution in [0, 0.1) is 12.3 Å². The van der Waals surface area contributed by atoms with E-state index in [1.165, 1.54) is 0 Å². The smallest absolute Gasteiger partial charge is 0.107 e. The molecule has 0 spiro atoms. The first-order valence-corrected chi connectivity index (χ1v) is 2.69. The molecule has 0 rings (SSSR count). The van der Waals surface area contributed by atoms with Gasteiger partial charge in [-0.2, -0.15) is 0 Å². The molecule has 0 bridgehead atoms. The Balaban J connectivity index is 2.99. The molecule has 0 saturated carbocycles. The zero-order valence-electron chi connectivity index (χ0n) is 5.21. The summed E-state index contributed by atoms with van der Waals surface area (Å²) < 4.78 is 4.81. The summed E-state index contributed by atoms with van der Waals surface area (Å²) in [5, 5.41) is 8.38. The third kappa shape index (κ3) is 5.31. The number of rotatable bonds is 4. The van der Waals surface area contributed by atoms with Crippen LogP contribution < -0.4 is 5.73 Å². The van der Waals surface area contributed by atoms with Crippen LogP contribution in [0.1, 0.15) is 0 Å². The van der Waals surface area contributed by atoms with Gasteiger partial charge in [0.2, 0.25) is 0 Å². The summed E-state index contributed by atoms with van der Waals surface area (Å²) in [7, 11) is 0. The molecule has 0 fully saturated rings. The van der Waals surface area contributed by atoms with Gasteiger partial charge in [-0.3, -0.25) is 0 Å². The van der Waals surface area contributed by atoms with Crippen molar-refractivity contribution < 1.29 is 9.84 Å². The maximum atomic E-state index is 8.38. The van der Waals surface area contributed by atoms with Crippen molar-refractivity contribution in [1.29, 1.82) is 0 Å². The number of nitrogens with two attached hydrogens (primary N) is 1. The van der Waals surface area contributed by atoms with E-state index in [1.807, 2.05) is 0 Å². The number of ether oxygens (including phenoxy) is 1. The minimum absolute atomic E-state index is 0.0649. The van der Waals surface area contributed by atoms with Crippen LogP contribution in [-0.4, -0.2) is 31.0 Å². The fraction of sp³-hybridized carbons (Fsp3) is 0.667. The Hall–Kier alpha value is -0.560. The number of aliphatic hydroxyl groups excluding tert-OH is 1. The Bertz CT molecular complexity index is 97.7. The molecule has 0 aromatic rings. The van der Waals surface area contributed by atoms with Gasteiger partial charge in [-0.25, -0.2) is 0 Å². The van der Waals surface area contributed by atoms with Gasteiger partial charge in [0.1, 0.15) is 6.61 Å². The van der Waals surface area contributed by atoms with Crippen molar-refractivity contribution in [1.82, 2.24) is 0 Å². The molecule has 0 heterocycles. The Labute approximate surface area is 54.8 Å². The van der Waals surface area contributed by atoms with Crippen molar-refractivity contribution in [2.24, 2.45) is 5.73 Å². The molecule has 0 aliphatic rings. The second-order valence-corrected chi connectivity index (χ2v) is 1.66. The highest BCUT2D eigenvalue weighted by Crippen LogP contribution is 1.77. The van der Waals surface area contributed by atoms with E-state index in [-0.39, 0.29) is 19.3 Å². The lowest BCUT2D eigenvalue weighted by Crippen LogP contribution is -2.29. The highest BCUT2D eigenvalue weighted by Gasteiger charge is 1.96. The maximum absolute atomic E-state index is 8.38. The third-order valence-corrected chi connectivity index (χ3v) is 0.752. The van der Waals surface area contributed by atoms with Gasteiger partial charge < -0.3 is 15.6 Å². The highest BCUT2D eigenvalue weighted by molar-refractivity contribution is 4.83. The Morgan fingerprint density at radius 2 is 2.44 bits per heavy atom. The first-order valence-electron chi connectivity index (χ1n) is 2.69. The van der Waals surface area contributed by atoms with Crippen molar-refractivity contribution >= 4 is 0 Å². The zero-order chi connectivity index (χ0) is 7.11. The number of hydrogen-bond acceptors (Lipinski definition) is 3. The number of hydrogen-bond donors (Lipinski definition) is 2. The quantitative estimate of drug-likeness (QED) is 0.376. The summed E-state index contributed by atoms with van der Waals surface area (Å²) in [5.41, 5.74) is 5.27. The van der Waals surface area contributed by atoms with Gasteiger partial charge in [0, 0.05) is 0 Å². The third-order valence-electron chi connectivity index (χ3n) is 0.752. The molecule has 3 nitrogen and oxygen atoms in total. The monoisotopic (exact) mass is 129 g/mol. The van der Waals surface area contributed by atoms with Crippen molar-refractivity contribution in [3.8, 4) is 12.3 Å². The van der Waals surface area contributed by atoms with Gasteiger partial charge >= 0.3 is 0 Å². The van der Waals surface area contributed by atoms with Crippen LogP contribution in [0.15, 0.2) is 0 Å². The van der Waals surface area contributed by atoms with Crippen LogP contribution in [0.3, 0.4) is 0 Å². The zero-order valence-corrected chi connectivity index (χ0v) is 5.21. The van der Waals surface area contributed by atoms with E-state index < -0.39 is 0 Å². The Morgan fingerprint density at radius 1 is 1.78 bits per heavy atom. The lowest BCUT2D eigenvalue weighted by Gasteiger charge is -2.05.